The van der Waals surface area contributed by atoms with E-state index in [4.69, 9.17) is 0 Å². The number of fused-ring (bicyclic) bond motifs is 4. The number of amides is 1. The van der Waals surface area contributed by atoms with Crippen molar-refractivity contribution in [1.29, 1.82) is 0 Å². The van der Waals surface area contributed by atoms with Gasteiger partial charge in [-0.05, 0) is 49.6 Å². The Hall–Kier alpha value is -3.42. The monoisotopic (exact) mass is 404 g/mol. The van der Waals surface area contributed by atoms with E-state index in [1.165, 1.54) is 6.07 Å². The number of nitrogens with zero attached hydrogens (tertiary/aromatic N) is 4. The fourth-order valence-electron chi connectivity index (χ4n) is 5.03. The van der Waals surface area contributed by atoms with E-state index in [2.05, 4.69) is 24.8 Å². The Balaban J connectivity index is 1.30. The van der Waals surface area contributed by atoms with Crippen molar-refractivity contribution in [2.24, 2.45) is 0 Å². The van der Waals surface area contributed by atoms with Gasteiger partial charge in [0.15, 0.2) is 0 Å². The summed E-state index contributed by atoms with van der Waals surface area (Å²) in [7, 11) is 0. The lowest BCUT2D eigenvalue weighted by Gasteiger charge is -2.41. The molecule has 8 heteroatoms. The van der Waals surface area contributed by atoms with Crippen molar-refractivity contribution in [2.45, 2.75) is 31.8 Å². The van der Waals surface area contributed by atoms with Crippen LogP contribution in [0, 0.1) is 12.7 Å². The van der Waals surface area contributed by atoms with E-state index in [0.717, 1.165) is 53.7 Å². The maximum absolute atomic E-state index is 13.9. The highest BCUT2D eigenvalue weighted by molar-refractivity contribution is 5.99. The molecule has 2 N–H and O–H groups in total. The fraction of sp³-hybridized carbons (Fsp3) is 0.318. The molecular weight excluding hydrogens is 383 g/mol. The van der Waals surface area contributed by atoms with Gasteiger partial charge < -0.3 is 19.8 Å². The van der Waals surface area contributed by atoms with Crippen LogP contribution < -0.4 is 4.90 Å². The number of benzene rings is 1. The van der Waals surface area contributed by atoms with E-state index in [9.17, 15) is 9.18 Å². The molecule has 2 aliphatic heterocycles. The standard InChI is InChI=1S/C22H21FN6O/c1-12-6-18-13(7-17(12)23)8-19(27-18)22(30)29-14-2-3-15(29)10-28(9-14)21-16-4-5-24-20(16)25-11-26-21/h4-8,11,14-15,27H,2-3,9-10H2,1H3,(H,24,25,26). The second-order valence-electron chi connectivity index (χ2n) is 8.31. The van der Waals surface area contributed by atoms with Crippen molar-refractivity contribution in [3.8, 4) is 0 Å². The van der Waals surface area contributed by atoms with Gasteiger partial charge in [-0.2, -0.15) is 0 Å². The van der Waals surface area contributed by atoms with Gasteiger partial charge in [0.2, 0.25) is 0 Å². The molecule has 3 aromatic heterocycles. The number of halogens is 1. The first-order valence-electron chi connectivity index (χ1n) is 10.2. The molecule has 1 aromatic carbocycles. The molecular formula is C22H21FN6O. The summed E-state index contributed by atoms with van der Waals surface area (Å²) >= 11 is 0. The number of aromatic amines is 2. The van der Waals surface area contributed by atoms with E-state index < -0.39 is 0 Å². The third-order valence-corrected chi connectivity index (χ3v) is 6.48. The van der Waals surface area contributed by atoms with Crippen LogP contribution in [0.3, 0.4) is 0 Å². The zero-order valence-electron chi connectivity index (χ0n) is 16.5. The number of rotatable bonds is 2. The van der Waals surface area contributed by atoms with Gasteiger partial charge in [0, 0.05) is 30.2 Å². The van der Waals surface area contributed by atoms with Crippen LogP contribution in [-0.4, -0.2) is 55.9 Å². The third kappa shape index (κ3) is 2.52. The van der Waals surface area contributed by atoms with Gasteiger partial charge in [-0.1, -0.05) is 0 Å². The molecule has 2 saturated heterocycles. The zero-order chi connectivity index (χ0) is 20.4. The Morgan fingerprint density at radius 1 is 1.17 bits per heavy atom. The summed E-state index contributed by atoms with van der Waals surface area (Å²) in [5.74, 6) is 0.655. The van der Waals surface area contributed by atoms with Crippen molar-refractivity contribution < 1.29 is 9.18 Å². The normalized spacial score (nSPS) is 21.1. The van der Waals surface area contributed by atoms with Crippen LogP contribution in [0.4, 0.5) is 10.2 Å². The molecule has 2 atom stereocenters. The summed E-state index contributed by atoms with van der Waals surface area (Å²) in [4.78, 5) is 32.8. The Morgan fingerprint density at radius 3 is 2.77 bits per heavy atom. The van der Waals surface area contributed by atoms with Crippen molar-refractivity contribution >= 4 is 33.7 Å². The first-order chi connectivity index (χ1) is 14.6. The SMILES string of the molecule is Cc1cc2[nH]c(C(=O)N3C4CCC3CN(c3ncnc5[nH]ccc35)C4)cc2cc1F. The molecule has 4 aromatic rings. The average Bonchev–Trinajstić information content (AvgIpc) is 3.43. The van der Waals surface area contributed by atoms with Crippen LogP contribution in [0.2, 0.25) is 0 Å². The number of aromatic nitrogens is 4. The van der Waals surface area contributed by atoms with Crippen molar-refractivity contribution in [3.63, 3.8) is 0 Å². The molecule has 0 radical (unpaired) electrons. The minimum absolute atomic E-state index is 0.00844. The predicted octanol–water partition coefficient (Wildman–Crippen LogP) is 3.38. The lowest BCUT2D eigenvalue weighted by molar-refractivity contribution is 0.0636. The molecule has 2 aliphatic rings. The fourth-order valence-corrected chi connectivity index (χ4v) is 5.03. The van der Waals surface area contributed by atoms with E-state index in [1.807, 2.05) is 17.2 Å². The predicted molar refractivity (Wildman–Crippen MR) is 112 cm³/mol. The molecule has 6 rings (SSSR count). The minimum atomic E-state index is -0.255. The molecule has 0 spiro atoms. The number of anilines is 1. The summed E-state index contributed by atoms with van der Waals surface area (Å²) in [6, 6.07) is 7.26. The van der Waals surface area contributed by atoms with Crippen molar-refractivity contribution in [1.82, 2.24) is 24.8 Å². The summed E-state index contributed by atoms with van der Waals surface area (Å²) < 4.78 is 13.9. The molecule has 7 nitrogen and oxygen atoms in total. The number of H-pyrrole nitrogens is 2. The second kappa shape index (κ2) is 6.29. The molecule has 30 heavy (non-hydrogen) atoms. The van der Waals surface area contributed by atoms with Crippen LogP contribution in [0.5, 0.6) is 0 Å². The number of hydrogen-bond acceptors (Lipinski definition) is 4. The van der Waals surface area contributed by atoms with Gasteiger partial charge in [-0.25, -0.2) is 14.4 Å². The van der Waals surface area contributed by atoms with E-state index in [-0.39, 0.29) is 23.8 Å². The topological polar surface area (TPSA) is 80.9 Å². The summed E-state index contributed by atoms with van der Waals surface area (Å²) in [5.41, 5.74) is 2.71. The van der Waals surface area contributed by atoms with Gasteiger partial charge in [-0.3, -0.25) is 4.79 Å². The smallest absolute Gasteiger partial charge is 0.270 e. The first-order valence-corrected chi connectivity index (χ1v) is 10.2. The molecule has 0 saturated carbocycles. The highest BCUT2D eigenvalue weighted by Crippen LogP contribution is 2.35. The lowest BCUT2D eigenvalue weighted by atomic mass is 10.1. The number of carbonyl (C=O) groups is 1. The Kier molecular flexibility index (Phi) is 3.65. The van der Waals surface area contributed by atoms with Gasteiger partial charge in [0.1, 0.15) is 29.3 Å². The van der Waals surface area contributed by atoms with Gasteiger partial charge in [0.25, 0.3) is 5.91 Å². The van der Waals surface area contributed by atoms with E-state index in [0.29, 0.717) is 11.3 Å². The zero-order valence-corrected chi connectivity index (χ0v) is 16.5. The maximum atomic E-state index is 13.9. The largest absolute Gasteiger partial charge is 0.352 e. The quantitative estimate of drug-likeness (QED) is 0.537. The number of carbonyl (C=O) groups excluding carboxylic acids is 1. The highest BCUT2D eigenvalue weighted by Gasteiger charge is 2.43. The molecule has 0 aliphatic carbocycles. The second-order valence-corrected chi connectivity index (χ2v) is 8.31. The number of piperazine rings is 1. The van der Waals surface area contributed by atoms with Crippen molar-refractivity contribution in [2.75, 3.05) is 18.0 Å². The van der Waals surface area contributed by atoms with Crippen LogP contribution in [-0.2, 0) is 0 Å². The summed E-state index contributed by atoms with van der Waals surface area (Å²) in [5, 5.41) is 1.73. The van der Waals surface area contributed by atoms with E-state index in [1.54, 1.807) is 25.4 Å². The highest BCUT2D eigenvalue weighted by atomic mass is 19.1. The van der Waals surface area contributed by atoms with Crippen LogP contribution in [0.1, 0.15) is 28.9 Å². The Bertz CT molecular complexity index is 1240. The van der Waals surface area contributed by atoms with Gasteiger partial charge in [0.05, 0.1) is 17.5 Å². The first kappa shape index (κ1) is 17.4. The molecule has 152 valence electrons. The number of hydrogen-bond donors (Lipinski definition) is 2. The number of nitrogens with one attached hydrogen (secondary N) is 2. The van der Waals surface area contributed by atoms with E-state index >= 15 is 0 Å². The van der Waals surface area contributed by atoms with Gasteiger partial charge in [-0.15, -0.1) is 0 Å². The summed E-state index contributed by atoms with van der Waals surface area (Å²) in [6.07, 6.45) is 5.40. The molecule has 2 unspecified atom stereocenters. The van der Waals surface area contributed by atoms with Gasteiger partial charge >= 0.3 is 0 Å². The third-order valence-electron chi connectivity index (χ3n) is 6.48. The Labute approximate surface area is 171 Å². The average molecular weight is 404 g/mol. The summed E-state index contributed by atoms with van der Waals surface area (Å²) in [6.45, 7) is 3.21. The molecule has 1 amide bonds. The van der Waals surface area contributed by atoms with Crippen LogP contribution in [0.25, 0.3) is 21.9 Å². The lowest BCUT2D eigenvalue weighted by Crippen LogP contribution is -2.56. The Morgan fingerprint density at radius 2 is 1.97 bits per heavy atom. The molecule has 2 bridgehead atoms. The maximum Gasteiger partial charge on any atom is 0.270 e. The minimum Gasteiger partial charge on any atom is -0.352 e. The number of aryl methyl sites for hydroxylation is 1. The van der Waals surface area contributed by atoms with Crippen LogP contribution in [0.15, 0.2) is 36.8 Å². The molecule has 5 heterocycles. The molecule has 2 fully saturated rings. The van der Waals surface area contributed by atoms with Crippen molar-refractivity contribution in [3.05, 3.63) is 53.9 Å². The van der Waals surface area contributed by atoms with Crippen LogP contribution >= 0.6 is 0 Å².